The van der Waals surface area contributed by atoms with E-state index in [1.807, 2.05) is 21.1 Å². The number of carbonyl (C=O) groups excluding carboxylic acids is 3. The van der Waals surface area contributed by atoms with Gasteiger partial charge >= 0.3 is 11.9 Å². The van der Waals surface area contributed by atoms with Gasteiger partial charge in [0, 0.05) is 12.8 Å². The first kappa shape index (κ1) is 65.5. The topological polar surface area (TPSA) is 111 Å². The number of quaternary nitrogens is 1. The highest BCUT2D eigenvalue weighted by Crippen LogP contribution is 2.15. The van der Waals surface area contributed by atoms with E-state index in [1.54, 1.807) is 0 Å². The Morgan fingerprint density at radius 1 is 0.449 bits per heavy atom. The van der Waals surface area contributed by atoms with Crippen molar-refractivity contribution in [2.24, 2.45) is 0 Å². The van der Waals surface area contributed by atoms with Crippen molar-refractivity contribution in [3.8, 4) is 0 Å². The van der Waals surface area contributed by atoms with E-state index in [0.29, 0.717) is 17.4 Å². The number of aliphatic carboxylic acids is 1. The third kappa shape index (κ3) is 52.1. The zero-order valence-electron chi connectivity index (χ0n) is 44.9. The Kier molecular flexibility index (Phi) is 48.2. The number of nitrogens with zero attached hydrogens (tertiary/aromatic N) is 1. The molecule has 0 N–H and O–H groups in total. The van der Waals surface area contributed by atoms with Crippen molar-refractivity contribution in [3.63, 3.8) is 0 Å². The largest absolute Gasteiger partial charge is 0.545 e. The van der Waals surface area contributed by atoms with Crippen LogP contribution < -0.4 is 5.11 Å². The van der Waals surface area contributed by atoms with Crippen molar-refractivity contribution >= 4 is 17.9 Å². The number of carboxylic acids is 1. The van der Waals surface area contributed by atoms with E-state index in [2.05, 4.69) is 98.9 Å². The highest BCUT2D eigenvalue weighted by atomic mass is 16.7. The van der Waals surface area contributed by atoms with Gasteiger partial charge < -0.3 is 33.3 Å². The summed E-state index contributed by atoms with van der Waals surface area (Å²) in [4.78, 5) is 37.2. The number of rotatable bonds is 50. The molecule has 0 aromatic rings. The van der Waals surface area contributed by atoms with E-state index < -0.39 is 24.3 Å². The molecule has 0 aliphatic carbocycles. The minimum atomic E-state index is -1.63. The lowest BCUT2D eigenvalue weighted by atomic mass is 10.0. The first-order valence-electron chi connectivity index (χ1n) is 27.7. The van der Waals surface area contributed by atoms with E-state index in [-0.39, 0.29) is 38.6 Å². The molecule has 0 saturated carbocycles. The predicted octanol–water partition coefficient (Wildman–Crippen LogP) is 14.7. The van der Waals surface area contributed by atoms with Gasteiger partial charge in [0.1, 0.15) is 13.2 Å². The lowest BCUT2D eigenvalue weighted by Gasteiger charge is -2.26. The molecule has 0 aromatic heterocycles. The van der Waals surface area contributed by atoms with Gasteiger partial charge in [-0.1, -0.05) is 202 Å². The first-order valence-corrected chi connectivity index (χ1v) is 27.7. The zero-order valence-corrected chi connectivity index (χ0v) is 44.9. The van der Waals surface area contributed by atoms with Gasteiger partial charge in [-0.05, 0) is 89.9 Å². The van der Waals surface area contributed by atoms with Crippen LogP contribution in [0.2, 0.25) is 0 Å². The Morgan fingerprint density at radius 3 is 1.25 bits per heavy atom. The molecule has 0 saturated heterocycles. The van der Waals surface area contributed by atoms with Crippen LogP contribution in [0.25, 0.3) is 0 Å². The maximum atomic E-state index is 12.8. The van der Waals surface area contributed by atoms with Crippen LogP contribution in [0.1, 0.15) is 219 Å². The Morgan fingerprint density at radius 2 is 0.826 bits per heavy atom. The number of carbonyl (C=O) groups is 3. The summed E-state index contributed by atoms with van der Waals surface area (Å²) in [6, 6.07) is 0. The number of ether oxygens (including phenoxy) is 4. The molecule has 0 radical (unpaired) electrons. The van der Waals surface area contributed by atoms with Crippen LogP contribution >= 0.6 is 0 Å². The summed E-state index contributed by atoms with van der Waals surface area (Å²) in [7, 11) is 5.91. The summed E-state index contributed by atoms with van der Waals surface area (Å²) in [6.07, 6.45) is 63.4. The molecule has 69 heavy (non-hydrogen) atoms. The zero-order chi connectivity index (χ0) is 50.6. The minimum Gasteiger partial charge on any atom is -0.545 e. The molecule has 0 aliphatic heterocycles. The van der Waals surface area contributed by atoms with Crippen LogP contribution in [0.5, 0.6) is 0 Å². The summed E-state index contributed by atoms with van der Waals surface area (Å²) in [5.74, 6) is -2.30. The number of esters is 2. The van der Waals surface area contributed by atoms with Crippen molar-refractivity contribution in [3.05, 3.63) is 85.1 Å². The Balaban J connectivity index is 4.27. The SMILES string of the molecule is CC/C=C\C/C=C\C/C=C\C/C=C\C/C=C\C/C=C\CCCCCCCCCCCCC(=O)OC(COC(=O)CCCCCCC/C=C\CCCCCCCC)COC(OCC[N+](C)(C)C)C(=O)[O-]. The lowest BCUT2D eigenvalue weighted by molar-refractivity contribution is -0.870. The average molecular weight is 966 g/mol. The third-order valence-electron chi connectivity index (χ3n) is 11.6. The summed E-state index contributed by atoms with van der Waals surface area (Å²) < 4.78 is 22.6. The van der Waals surface area contributed by atoms with E-state index >= 15 is 0 Å². The van der Waals surface area contributed by atoms with E-state index in [9.17, 15) is 19.5 Å². The van der Waals surface area contributed by atoms with Crippen LogP contribution in [0.4, 0.5) is 0 Å². The van der Waals surface area contributed by atoms with E-state index in [1.165, 1.54) is 83.5 Å². The Bertz CT molecular complexity index is 1400. The standard InChI is InChI=1S/C60H103NO8/c1-6-8-10-12-14-16-18-20-22-23-24-25-26-27-28-29-30-31-32-33-34-35-37-39-41-43-45-47-49-51-58(63)69-56(55-68-60(59(64)65)66-53-52-61(3,4)5)54-67-57(62)50-48-46-44-42-40-38-36-21-19-17-15-13-11-9-7-2/h8,10,14,16,20-22,24-25,27-28,30-31,36,56,60H,6-7,9,11-13,15,17-19,23,26,29,32-35,37-55H2,1-5H3/b10-8-,16-14-,22-20-,25-24-,28-27-,31-30-,36-21-. The number of carboxylic acid groups (broad SMARTS) is 1. The molecule has 0 heterocycles. The fraction of sp³-hybridized carbons (Fsp3) is 0.717. The van der Waals surface area contributed by atoms with Crippen LogP contribution in [0.15, 0.2) is 85.1 Å². The van der Waals surface area contributed by atoms with Crippen LogP contribution in [0.3, 0.4) is 0 Å². The molecule has 0 aliphatic rings. The van der Waals surface area contributed by atoms with Crippen molar-refractivity contribution in [2.75, 3.05) is 47.5 Å². The molecule has 9 nitrogen and oxygen atoms in total. The summed E-state index contributed by atoms with van der Waals surface area (Å²) in [6.45, 7) is 4.61. The Hall–Kier alpha value is -3.53. The molecule has 0 fully saturated rings. The second kappa shape index (κ2) is 50.8. The molecule has 0 rings (SSSR count). The van der Waals surface area contributed by atoms with Crippen molar-refractivity contribution in [1.82, 2.24) is 0 Å². The molecule has 2 unspecified atom stereocenters. The molecule has 0 amide bonds. The predicted molar refractivity (Wildman–Crippen MR) is 288 cm³/mol. The van der Waals surface area contributed by atoms with Crippen LogP contribution in [-0.2, 0) is 33.3 Å². The first-order chi connectivity index (χ1) is 33.6. The second-order valence-electron chi connectivity index (χ2n) is 19.5. The summed E-state index contributed by atoms with van der Waals surface area (Å²) >= 11 is 0. The number of hydrogen-bond donors (Lipinski definition) is 0. The van der Waals surface area contributed by atoms with Gasteiger partial charge in [0.2, 0.25) is 0 Å². The Labute approximate surface area is 423 Å². The quantitative estimate of drug-likeness (QED) is 0.0195. The lowest BCUT2D eigenvalue weighted by Crippen LogP contribution is -2.44. The summed E-state index contributed by atoms with van der Waals surface area (Å²) in [5, 5.41) is 11.8. The highest BCUT2D eigenvalue weighted by molar-refractivity contribution is 5.70. The molecule has 0 spiro atoms. The number of hydrogen-bond acceptors (Lipinski definition) is 8. The monoisotopic (exact) mass is 966 g/mol. The minimum absolute atomic E-state index is 0.142. The third-order valence-corrected chi connectivity index (χ3v) is 11.6. The van der Waals surface area contributed by atoms with Crippen molar-refractivity contribution in [2.45, 2.75) is 232 Å². The van der Waals surface area contributed by atoms with Gasteiger partial charge in [-0.3, -0.25) is 9.59 Å². The highest BCUT2D eigenvalue weighted by Gasteiger charge is 2.22. The smallest absolute Gasteiger partial charge is 0.306 e. The van der Waals surface area contributed by atoms with Gasteiger partial charge in [0.25, 0.3) is 0 Å². The van der Waals surface area contributed by atoms with Gasteiger partial charge in [0.05, 0.1) is 40.3 Å². The van der Waals surface area contributed by atoms with Gasteiger partial charge in [-0.2, -0.15) is 0 Å². The van der Waals surface area contributed by atoms with E-state index in [4.69, 9.17) is 18.9 Å². The molecule has 2 atom stereocenters. The average Bonchev–Trinajstić information content (AvgIpc) is 3.31. The fourth-order valence-electron chi connectivity index (χ4n) is 7.36. The van der Waals surface area contributed by atoms with Crippen molar-refractivity contribution < 1.29 is 42.9 Å². The summed E-state index contributed by atoms with van der Waals surface area (Å²) in [5.41, 5.74) is 0. The van der Waals surface area contributed by atoms with Crippen LogP contribution in [-0.4, -0.2) is 82.3 Å². The molecular formula is C60H103NO8. The number of likely N-dealkylation sites (N-methyl/N-ethyl adjacent to an activating group) is 1. The normalized spacial score (nSPS) is 13.5. The van der Waals surface area contributed by atoms with Crippen LogP contribution in [0, 0.1) is 0 Å². The van der Waals surface area contributed by atoms with Crippen molar-refractivity contribution in [1.29, 1.82) is 0 Å². The second-order valence-corrected chi connectivity index (χ2v) is 19.5. The van der Waals surface area contributed by atoms with Gasteiger partial charge in [-0.15, -0.1) is 0 Å². The molecule has 9 heteroatoms. The molecule has 396 valence electrons. The fourth-order valence-corrected chi connectivity index (χ4v) is 7.36. The van der Waals surface area contributed by atoms with E-state index in [0.717, 1.165) is 103 Å². The maximum Gasteiger partial charge on any atom is 0.306 e. The van der Waals surface area contributed by atoms with Gasteiger partial charge in [0.15, 0.2) is 12.4 Å². The number of allylic oxidation sites excluding steroid dienone is 14. The molecule has 0 bridgehead atoms. The number of unbranched alkanes of at least 4 members (excludes halogenated alkanes) is 21. The maximum absolute atomic E-state index is 12.8. The molecular weight excluding hydrogens is 863 g/mol. The van der Waals surface area contributed by atoms with Gasteiger partial charge in [-0.25, -0.2) is 0 Å². The molecule has 0 aromatic carbocycles.